The van der Waals surface area contributed by atoms with Crippen LogP contribution in [0.5, 0.6) is 0 Å². The van der Waals surface area contributed by atoms with Gasteiger partial charge < -0.3 is 15.5 Å². The van der Waals surface area contributed by atoms with E-state index in [0.717, 1.165) is 41.3 Å². The standard InChI is InChI=1S/C27H27F2N3O2/c28-23-11-8-18(14-24(23)29)26(33)31-25-12-13-30-15-22(25)27(34)32(20-9-10-20)16-19-6-3-5-17-4-1-2-7-21(17)19/h1-8,11,14,20,22,25,30H,9-10,12-13,15-16H2,(H,31,33). The molecular formula is C27H27F2N3O2. The zero-order valence-electron chi connectivity index (χ0n) is 18.8. The molecule has 34 heavy (non-hydrogen) atoms. The molecule has 0 radical (unpaired) electrons. The van der Waals surface area contributed by atoms with Crippen molar-refractivity contribution >= 4 is 22.6 Å². The Kier molecular flexibility index (Phi) is 6.28. The third-order valence-electron chi connectivity index (χ3n) is 6.79. The molecule has 0 bridgehead atoms. The highest BCUT2D eigenvalue weighted by atomic mass is 19.2. The Balaban J connectivity index is 1.35. The van der Waals surface area contributed by atoms with Crippen LogP contribution in [0, 0.1) is 17.6 Å². The highest BCUT2D eigenvalue weighted by Gasteiger charge is 2.40. The van der Waals surface area contributed by atoms with Crippen molar-refractivity contribution in [3.8, 4) is 0 Å². The summed E-state index contributed by atoms with van der Waals surface area (Å²) in [5.41, 5.74) is 1.14. The fourth-order valence-corrected chi connectivity index (χ4v) is 4.78. The number of nitrogens with one attached hydrogen (secondary N) is 2. The third kappa shape index (κ3) is 4.66. The van der Waals surface area contributed by atoms with E-state index in [1.54, 1.807) is 0 Å². The highest BCUT2D eigenvalue weighted by Crippen LogP contribution is 2.32. The molecular weight excluding hydrogens is 436 g/mol. The lowest BCUT2D eigenvalue weighted by molar-refractivity contribution is -0.138. The second-order valence-corrected chi connectivity index (χ2v) is 9.14. The highest BCUT2D eigenvalue weighted by molar-refractivity contribution is 5.95. The number of fused-ring (bicyclic) bond motifs is 1. The van der Waals surface area contributed by atoms with E-state index in [1.165, 1.54) is 6.07 Å². The number of benzene rings is 3. The fourth-order valence-electron chi connectivity index (χ4n) is 4.78. The van der Waals surface area contributed by atoms with Crippen LogP contribution in [-0.2, 0) is 11.3 Å². The van der Waals surface area contributed by atoms with Gasteiger partial charge in [-0.1, -0.05) is 42.5 Å². The first-order valence-corrected chi connectivity index (χ1v) is 11.7. The number of nitrogens with zero attached hydrogens (tertiary/aromatic N) is 1. The molecule has 0 aromatic heterocycles. The zero-order chi connectivity index (χ0) is 23.7. The number of carbonyl (C=O) groups is 2. The molecule has 2 amide bonds. The molecule has 1 saturated carbocycles. The van der Waals surface area contributed by atoms with E-state index >= 15 is 0 Å². The molecule has 1 aliphatic carbocycles. The van der Waals surface area contributed by atoms with Crippen LogP contribution in [0.15, 0.2) is 60.7 Å². The lowest BCUT2D eigenvalue weighted by Crippen LogP contribution is -2.55. The van der Waals surface area contributed by atoms with Gasteiger partial charge in [0.25, 0.3) is 5.91 Å². The number of rotatable bonds is 6. The van der Waals surface area contributed by atoms with Crippen molar-refractivity contribution in [1.82, 2.24) is 15.5 Å². The van der Waals surface area contributed by atoms with Gasteiger partial charge in [0.15, 0.2) is 11.6 Å². The summed E-state index contributed by atoms with van der Waals surface area (Å²) in [5.74, 6) is -2.99. The quantitative estimate of drug-likeness (QED) is 0.581. The maximum absolute atomic E-state index is 13.8. The van der Waals surface area contributed by atoms with Gasteiger partial charge in [-0.2, -0.15) is 0 Å². The maximum atomic E-state index is 13.8. The summed E-state index contributed by atoms with van der Waals surface area (Å²) in [4.78, 5) is 28.5. The molecule has 5 nitrogen and oxygen atoms in total. The van der Waals surface area contributed by atoms with Gasteiger partial charge >= 0.3 is 0 Å². The van der Waals surface area contributed by atoms with Gasteiger partial charge in [-0.3, -0.25) is 9.59 Å². The number of carbonyl (C=O) groups excluding carboxylic acids is 2. The number of halogens is 2. The van der Waals surface area contributed by atoms with Crippen LogP contribution in [0.1, 0.15) is 35.2 Å². The topological polar surface area (TPSA) is 61.4 Å². The number of piperidine rings is 1. The largest absolute Gasteiger partial charge is 0.348 e. The van der Waals surface area contributed by atoms with Gasteiger partial charge in [0.05, 0.1) is 5.92 Å². The van der Waals surface area contributed by atoms with Crippen molar-refractivity contribution in [2.45, 2.75) is 37.9 Å². The van der Waals surface area contributed by atoms with E-state index in [4.69, 9.17) is 0 Å². The molecule has 2 unspecified atom stereocenters. The molecule has 2 atom stereocenters. The van der Waals surface area contributed by atoms with Crippen LogP contribution >= 0.6 is 0 Å². The monoisotopic (exact) mass is 463 g/mol. The summed E-state index contributed by atoms with van der Waals surface area (Å²) in [6.07, 6.45) is 2.53. The van der Waals surface area contributed by atoms with Gasteiger partial charge in [-0.15, -0.1) is 0 Å². The van der Waals surface area contributed by atoms with E-state index in [-0.39, 0.29) is 23.6 Å². The summed E-state index contributed by atoms with van der Waals surface area (Å²) in [6, 6.07) is 17.2. The first kappa shape index (κ1) is 22.5. The molecule has 2 fully saturated rings. The van der Waals surface area contributed by atoms with Crippen molar-refractivity contribution in [2.24, 2.45) is 5.92 Å². The Morgan fingerprint density at radius 1 is 0.971 bits per heavy atom. The molecule has 1 heterocycles. The smallest absolute Gasteiger partial charge is 0.251 e. The molecule has 2 N–H and O–H groups in total. The van der Waals surface area contributed by atoms with Crippen molar-refractivity contribution in [2.75, 3.05) is 13.1 Å². The van der Waals surface area contributed by atoms with Crippen molar-refractivity contribution < 1.29 is 18.4 Å². The summed E-state index contributed by atoms with van der Waals surface area (Å²) in [6.45, 7) is 1.64. The van der Waals surface area contributed by atoms with E-state index in [9.17, 15) is 18.4 Å². The molecule has 5 rings (SSSR count). The molecule has 3 aromatic carbocycles. The molecule has 176 valence electrons. The molecule has 7 heteroatoms. The molecule has 1 saturated heterocycles. The predicted molar refractivity (Wildman–Crippen MR) is 126 cm³/mol. The summed E-state index contributed by atoms with van der Waals surface area (Å²) >= 11 is 0. The average Bonchev–Trinajstić information content (AvgIpc) is 3.69. The summed E-state index contributed by atoms with van der Waals surface area (Å²) in [5, 5.41) is 8.45. The Morgan fingerprint density at radius 3 is 2.56 bits per heavy atom. The molecule has 1 aliphatic heterocycles. The van der Waals surface area contributed by atoms with Gasteiger partial charge in [0, 0.05) is 30.7 Å². The predicted octanol–water partition coefficient (Wildman–Crippen LogP) is 4.02. The molecule has 3 aromatic rings. The molecule has 2 aliphatic rings. The average molecular weight is 464 g/mol. The SMILES string of the molecule is O=C(NC1CCNCC1C(=O)N(Cc1cccc2ccccc12)C1CC1)c1ccc(F)c(F)c1. The van der Waals surface area contributed by atoms with E-state index in [0.29, 0.717) is 26.1 Å². The van der Waals surface area contributed by atoms with Crippen LogP contribution in [0.3, 0.4) is 0 Å². The van der Waals surface area contributed by atoms with Gasteiger partial charge in [-0.05, 0) is 60.3 Å². The normalized spacial score (nSPS) is 20.2. The van der Waals surface area contributed by atoms with Gasteiger partial charge in [0.1, 0.15) is 0 Å². The second-order valence-electron chi connectivity index (χ2n) is 9.14. The summed E-state index contributed by atoms with van der Waals surface area (Å²) < 4.78 is 26.9. The van der Waals surface area contributed by atoms with E-state index in [1.807, 2.05) is 23.1 Å². The minimum absolute atomic E-state index is 0.0122. The lowest BCUT2D eigenvalue weighted by Gasteiger charge is -2.36. The van der Waals surface area contributed by atoms with Crippen molar-refractivity contribution in [1.29, 1.82) is 0 Å². The zero-order valence-corrected chi connectivity index (χ0v) is 18.8. The van der Waals surface area contributed by atoms with Crippen LogP contribution < -0.4 is 10.6 Å². The number of hydrogen-bond acceptors (Lipinski definition) is 3. The van der Waals surface area contributed by atoms with Crippen molar-refractivity contribution in [3.63, 3.8) is 0 Å². The van der Waals surface area contributed by atoms with E-state index in [2.05, 4.69) is 34.9 Å². The number of hydrogen-bond donors (Lipinski definition) is 2. The van der Waals surface area contributed by atoms with Crippen LogP contribution in [0.25, 0.3) is 10.8 Å². The Labute approximate surface area is 197 Å². The molecule has 0 spiro atoms. The Bertz CT molecular complexity index is 1220. The summed E-state index contributed by atoms with van der Waals surface area (Å²) in [7, 11) is 0. The van der Waals surface area contributed by atoms with Gasteiger partial charge in [0.2, 0.25) is 5.91 Å². The third-order valence-corrected chi connectivity index (χ3v) is 6.79. The Morgan fingerprint density at radius 2 is 1.76 bits per heavy atom. The number of amides is 2. The van der Waals surface area contributed by atoms with Crippen LogP contribution in [0.4, 0.5) is 8.78 Å². The minimum Gasteiger partial charge on any atom is -0.348 e. The fraction of sp³-hybridized carbons (Fsp3) is 0.333. The van der Waals surface area contributed by atoms with Crippen LogP contribution in [-0.4, -0.2) is 41.9 Å². The van der Waals surface area contributed by atoms with E-state index < -0.39 is 23.5 Å². The second kappa shape index (κ2) is 9.50. The Hall–Kier alpha value is -3.32. The van der Waals surface area contributed by atoms with Gasteiger partial charge in [-0.25, -0.2) is 8.78 Å². The lowest BCUT2D eigenvalue weighted by atomic mass is 9.91. The van der Waals surface area contributed by atoms with Crippen molar-refractivity contribution in [3.05, 3.63) is 83.4 Å². The van der Waals surface area contributed by atoms with Crippen LogP contribution in [0.2, 0.25) is 0 Å². The first-order chi connectivity index (χ1) is 16.5. The maximum Gasteiger partial charge on any atom is 0.251 e. The first-order valence-electron chi connectivity index (χ1n) is 11.7. The minimum atomic E-state index is -1.07.